The first-order valence-electron chi connectivity index (χ1n) is 6.15. The molecular weight excluding hydrogens is 237 g/mol. The van der Waals surface area contributed by atoms with Gasteiger partial charge in [0.25, 0.3) is 0 Å². The zero-order valence-corrected chi connectivity index (χ0v) is 11.5. The summed E-state index contributed by atoms with van der Waals surface area (Å²) in [5.74, 6) is 0.415. The van der Waals surface area contributed by atoms with Gasteiger partial charge in [-0.3, -0.25) is 0 Å². The average Bonchev–Trinajstić information content (AvgIpc) is 2.26. The molecule has 0 fully saturated rings. The number of aryl methyl sites for hydroxylation is 1. The molecule has 0 saturated heterocycles. The maximum atomic E-state index is 13.5. The van der Waals surface area contributed by atoms with Gasteiger partial charge in [0.15, 0.2) is 0 Å². The normalized spacial score (nSPS) is 13.1. The van der Waals surface area contributed by atoms with E-state index in [1.54, 1.807) is 12.1 Å². The highest BCUT2D eigenvalue weighted by atomic mass is 35.5. The van der Waals surface area contributed by atoms with Gasteiger partial charge in [-0.05, 0) is 49.9 Å². The Hall–Kier alpha value is -0.600. The van der Waals surface area contributed by atoms with Crippen molar-refractivity contribution in [3.8, 4) is 0 Å². The third kappa shape index (κ3) is 4.64. The van der Waals surface area contributed by atoms with Crippen LogP contribution in [0, 0.1) is 11.7 Å². The summed E-state index contributed by atoms with van der Waals surface area (Å²) in [5.41, 5.74) is 0.757. The van der Waals surface area contributed by atoms with Gasteiger partial charge in [-0.25, -0.2) is 4.39 Å². The van der Waals surface area contributed by atoms with Crippen LogP contribution >= 0.6 is 11.6 Å². The van der Waals surface area contributed by atoms with Gasteiger partial charge < -0.3 is 5.32 Å². The second kappa shape index (κ2) is 6.97. The Morgan fingerprint density at radius 3 is 2.59 bits per heavy atom. The van der Waals surface area contributed by atoms with E-state index in [0.717, 1.165) is 24.8 Å². The Balaban J connectivity index is 2.45. The van der Waals surface area contributed by atoms with Crippen molar-refractivity contribution in [1.29, 1.82) is 0 Å². The fourth-order valence-corrected chi connectivity index (χ4v) is 2.21. The van der Waals surface area contributed by atoms with Gasteiger partial charge >= 0.3 is 0 Å². The molecule has 0 spiro atoms. The third-order valence-electron chi connectivity index (χ3n) is 3.15. The van der Waals surface area contributed by atoms with Crippen molar-refractivity contribution in [2.45, 2.75) is 39.2 Å². The minimum absolute atomic E-state index is 0.192. The molecule has 1 rings (SSSR count). The standard InChI is InChI=1S/C14H21ClFN/c1-10(2)14(17-3)6-4-5-11-7-8-12(15)9-13(11)16/h7-10,14,17H,4-6H2,1-3H3. The van der Waals surface area contributed by atoms with E-state index in [9.17, 15) is 4.39 Å². The van der Waals surface area contributed by atoms with Crippen LogP contribution in [0.5, 0.6) is 0 Å². The van der Waals surface area contributed by atoms with Crippen molar-refractivity contribution in [3.63, 3.8) is 0 Å². The molecule has 0 aliphatic rings. The molecule has 0 bridgehead atoms. The average molecular weight is 258 g/mol. The third-order valence-corrected chi connectivity index (χ3v) is 3.39. The zero-order chi connectivity index (χ0) is 12.8. The van der Waals surface area contributed by atoms with E-state index in [0.29, 0.717) is 17.0 Å². The molecule has 3 heteroatoms. The van der Waals surface area contributed by atoms with Crippen molar-refractivity contribution in [2.24, 2.45) is 5.92 Å². The summed E-state index contributed by atoms with van der Waals surface area (Å²) < 4.78 is 13.5. The van der Waals surface area contributed by atoms with Crippen molar-refractivity contribution in [2.75, 3.05) is 7.05 Å². The summed E-state index contributed by atoms with van der Waals surface area (Å²) in [6.07, 6.45) is 2.83. The summed E-state index contributed by atoms with van der Waals surface area (Å²) in [6.45, 7) is 4.40. The molecule has 0 saturated carbocycles. The van der Waals surface area contributed by atoms with E-state index in [1.807, 2.05) is 7.05 Å². The van der Waals surface area contributed by atoms with E-state index >= 15 is 0 Å². The van der Waals surface area contributed by atoms with Crippen LogP contribution in [0.3, 0.4) is 0 Å². The second-order valence-electron chi connectivity index (χ2n) is 4.77. The molecule has 96 valence electrons. The van der Waals surface area contributed by atoms with E-state index in [4.69, 9.17) is 11.6 Å². The molecule has 0 aliphatic heterocycles. The Bertz CT molecular complexity index is 352. The Morgan fingerprint density at radius 1 is 1.35 bits per heavy atom. The molecule has 1 atom stereocenters. The van der Waals surface area contributed by atoms with Gasteiger partial charge in [-0.15, -0.1) is 0 Å². The first-order chi connectivity index (χ1) is 8.04. The highest BCUT2D eigenvalue weighted by Crippen LogP contribution is 2.17. The van der Waals surface area contributed by atoms with Gasteiger partial charge in [-0.2, -0.15) is 0 Å². The molecule has 0 aromatic heterocycles. The summed E-state index contributed by atoms with van der Waals surface area (Å²) in [5, 5.41) is 3.76. The molecule has 1 aromatic carbocycles. The number of hydrogen-bond donors (Lipinski definition) is 1. The summed E-state index contributed by atoms with van der Waals surface area (Å²) in [7, 11) is 1.98. The molecule has 0 heterocycles. The lowest BCUT2D eigenvalue weighted by atomic mass is 9.97. The van der Waals surface area contributed by atoms with Gasteiger partial charge in [0, 0.05) is 11.1 Å². The van der Waals surface area contributed by atoms with Crippen LogP contribution in [0.4, 0.5) is 4.39 Å². The van der Waals surface area contributed by atoms with Gasteiger partial charge in [0.2, 0.25) is 0 Å². The van der Waals surface area contributed by atoms with Crippen LogP contribution in [0.25, 0.3) is 0 Å². The maximum absolute atomic E-state index is 13.5. The van der Waals surface area contributed by atoms with E-state index in [1.165, 1.54) is 6.07 Å². The highest BCUT2D eigenvalue weighted by molar-refractivity contribution is 6.30. The van der Waals surface area contributed by atoms with Crippen LogP contribution in [0.2, 0.25) is 5.02 Å². The first-order valence-corrected chi connectivity index (χ1v) is 6.53. The molecule has 0 radical (unpaired) electrons. The minimum atomic E-state index is -0.192. The van der Waals surface area contributed by atoms with Gasteiger partial charge in [0.1, 0.15) is 5.82 Å². The van der Waals surface area contributed by atoms with Crippen molar-refractivity contribution in [1.82, 2.24) is 5.32 Å². The molecule has 1 unspecified atom stereocenters. The van der Waals surface area contributed by atoms with E-state index in [-0.39, 0.29) is 5.82 Å². The Labute approximate surface area is 108 Å². The molecule has 1 nitrogen and oxygen atoms in total. The van der Waals surface area contributed by atoms with E-state index < -0.39 is 0 Å². The van der Waals surface area contributed by atoms with Crippen molar-refractivity contribution in [3.05, 3.63) is 34.6 Å². The fourth-order valence-electron chi connectivity index (χ4n) is 2.05. The molecule has 0 amide bonds. The molecule has 0 aliphatic carbocycles. The number of rotatable bonds is 6. The van der Waals surface area contributed by atoms with Crippen molar-refractivity contribution >= 4 is 11.6 Å². The Kier molecular flexibility index (Phi) is 5.93. The van der Waals surface area contributed by atoms with Crippen LogP contribution in [0.1, 0.15) is 32.3 Å². The Morgan fingerprint density at radius 2 is 2.06 bits per heavy atom. The smallest absolute Gasteiger partial charge is 0.127 e. The number of nitrogens with one attached hydrogen (secondary N) is 1. The SMILES string of the molecule is CNC(CCCc1ccc(Cl)cc1F)C(C)C. The maximum Gasteiger partial charge on any atom is 0.127 e. The lowest BCUT2D eigenvalue weighted by Gasteiger charge is -2.19. The van der Waals surface area contributed by atoms with Gasteiger partial charge in [0.05, 0.1) is 0 Å². The van der Waals surface area contributed by atoms with E-state index in [2.05, 4.69) is 19.2 Å². The number of halogens is 2. The van der Waals surface area contributed by atoms with Crippen molar-refractivity contribution < 1.29 is 4.39 Å². The number of hydrogen-bond acceptors (Lipinski definition) is 1. The first kappa shape index (κ1) is 14.5. The summed E-state index contributed by atoms with van der Waals surface area (Å²) >= 11 is 5.72. The lowest BCUT2D eigenvalue weighted by Crippen LogP contribution is -2.30. The monoisotopic (exact) mass is 257 g/mol. The molecule has 17 heavy (non-hydrogen) atoms. The fraction of sp³-hybridized carbons (Fsp3) is 0.571. The quantitative estimate of drug-likeness (QED) is 0.811. The predicted molar refractivity (Wildman–Crippen MR) is 72.0 cm³/mol. The lowest BCUT2D eigenvalue weighted by molar-refractivity contribution is 0.392. The van der Waals surface area contributed by atoms with Crippen LogP contribution in [0.15, 0.2) is 18.2 Å². The summed E-state index contributed by atoms with van der Waals surface area (Å²) in [6, 6.07) is 5.42. The molecule has 1 N–H and O–H groups in total. The number of benzene rings is 1. The molecular formula is C14H21ClFN. The minimum Gasteiger partial charge on any atom is -0.317 e. The van der Waals surface area contributed by atoms with Crippen LogP contribution in [-0.4, -0.2) is 13.1 Å². The van der Waals surface area contributed by atoms with Crippen LogP contribution in [-0.2, 0) is 6.42 Å². The highest BCUT2D eigenvalue weighted by Gasteiger charge is 2.11. The topological polar surface area (TPSA) is 12.0 Å². The second-order valence-corrected chi connectivity index (χ2v) is 5.20. The largest absolute Gasteiger partial charge is 0.317 e. The summed E-state index contributed by atoms with van der Waals surface area (Å²) in [4.78, 5) is 0. The zero-order valence-electron chi connectivity index (χ0n) is 10.8. The van der Waals surface area contributed by atoms with Gasteiger partial charge in [-0.1, -0.05) is 31.5 Å². The molecule has 1 aromatic rings. The predicted octanol–water partition coefficient (Wildman–Crippen LogP) is 4.05. The van der Waals surface area contributed by atoms with Crippen LogP contribution < -0.4 is 5.32 Å².